The fourth-order valence-corrected chi connectivity index (χ4v) is 4.23. The van der Waals surface area contributed by atoms with E-state index in [4.69, 9.17) is 0 Å². The Morgan fingerprint density at radius 2 is 1.10 bits per heavy atom. The summed E-state index contributed by atoms with van der Waals surface area (Å²) < 4.78 is 69.6. The van der Waals surface area contributed by atoms with Gasteiger partial charge in [-0.15, -0.1) is 0 Å². The third-order valence-electron chi connectivity index (χ3n) is 6.09. The molecular formula is C25H21F5. The molecule has 0 heterocycles. The van der Waals surface area contributed by atoms with E-state index in [9.17, 15) is 22.0 Å². The van der Waals surface area contributed by atoms with E-state index in [2.05, 4.69) is 6.92 Å². The molecule has 0 nitrogen and oxygen atoms in total. The summed E-state index contributed by atoms with van der Waals surface area (Å²) in [5.41, 5.74) is 1.17. The fourth-order valence-electron chi connectivity index (χ4n) is 4.23. The van der Waals surface area contributed by atoms with Gasteiger partial charge in [0.2, 0.25) is 0 Å². The van der Waals surface area contributed by atoms with E-state index < -0.39 is 29.1 Å². The Hall–Kier alpha value is -2.69. The second-order valence-electron chi connectivity index (χ2n) is 8.12. The van der Waals surface area contributed by atoms with Crippen molar-refractivity contribution in [2.45, 2.75) is 38.5 Å². The summed E-state index contributed by atoms with van der Waals surface area (Å²) >= 11 is 0. The summed E-state index contributed by atoms with van der Waals surface area (Å²) in [6, 6.07) is 11.3. The molecule has 3 aromatic carbocycles. The van der Waals surface area contributed by atoms with Crippen molar-refractivity contribution in [2.24, 2.45) is 5.92 Å². The Bertz CT molecular complexity index is 1040. The predicted molar refractivity (Wildman–Crippen MR) is 107 cm³/mol. The molecule has 0 atom stereocenters. The Labute approximate surface area is 172 Å². The molecule has 5 heteroatoms. The Morgan fingerprint density at radius 3 is 1.63 bits per heavy atom. The first-order chi connectivity index (χ1) is 14.3. The van der Waals surface area contributed by atoms with Crippen molar-refractivity contribution < 1.29 is 22.0 Å². The zero-order valence-electron chi connectivity index (χ0n) is 16.5. The van der Waals surface area contributed by atoms with E-state index >= 15 is 0 Å². The lowest BCUT2D eigenvalue weighted by Crippen LogP contribution is -2.10. The van der Waals surface area contributed by atoms with Crippen LogP contribution in [-0.4, -0.2) is 0 Å². The van der Waals surface area contributed by atoms with Crippen molar-refractivity contribution in [1.82, 2.24) is 0 Å². The molecule has 1 aliphatic carbocycles. The van der Waals surface area contributed by atoms with Crippen LogP contribution in [0.2, 0.25) is 0 Å². The molecule has 0 aromatic heterocycles. The molecule has 0 unspecified atom stereocenters. The molecule has 4 rings (SSSR count). The third kappa shape index (κ3) is 3.85. The molecule has 1 saturated carbocycles. The van der Waals surface area contributed by atoms with Gasteiger partial charge in [-0.1, -0.05) is 56.2 Å². The fraction of sp³-hybridized carbons (Fsp3) is 0.280. The van der Waals surface area contributed by atoms with E-state index in [1.807, 2.05) is 12.1 Å². The number of halogens is 5. The van der Waals surface area contributed by atoms with Gasteiger partial charge < -0.3 is 0 Å². The van der Waals surface area contributed by atoms with Crippen LogP contribution in [0.1, 0.15) is 44.1 Å². The molecule has 0 radical (unpaired) electrons. The zero-order chi connectivity index (χ0) is 21.4. The highest BCUT2D eigenvalue weighted by Gasteiger charge is 2.21. The molecule has 0 aliphatic heterocycles. The van der Waals surface area contributed by atoms with Crippen molar-refractivity contribution in [1.29, 1.82) is 0 Å². The minimum Gasteiger partial charge on any atom is -0.204 e. The summed E-state index contributed by atoms with van der Waals surface area (Å²) in [4.78, 5) is 0. The summed E-state index contributed by atoms with van der Waals surface area (Å²) in [5.74, 6) is -5.67. The SMILES string of the molecule is CC1CCC(c2ccc(-c3ccc(-c4cc(F)c(F)c(F)c4)c(F)c3F)cc2)CC1. The van der Waals surface area contributed by atoms with Gasteiger partial charge in [0.15, 0.2) is 29.1 Å². The van der Waals surface area contributed by atoms with Gasteiger partial charge in [-0.3, -0.25) is 0 Å². The highest BCUT2D eigenvalue weighted by Crippen LogP contribution is 2.37. The highest BCUT2D eigenvalue weighted by molar-refractivity contribution is 5.72. The molecule has 3 aromatic rings. The smallest absolute Gasteiger partial charge is 0.194 e. The lowest BCUT2D eigenvalue weighted by Gasteiger charge is -2.26. The van der Waals surface area contributed by atoms with Crippen LogP contribution < -0.4 is 0 Å². The van der Waals surface area contributed by atoms with Crippen molar-refractivity contribution in [3.8, 4) is 22.3 Å². The van der Waals surface area contributed by atoms with Crippen LogP contribution in [0, 0.1) is 35.0 Å². The zero-order valence-corrected chi connectivity index (χ0v) is 16.5. The van der Waals surface area contributed by atoms with Crippen LogP contribution >= 0.6 is 0 Å². The monoisotopic (exact) mass is 416 g/mol. The van der Waals surface area contributed by atoms with E-state index in [0.717, 1.165) is 18.8 Å². The summed E-state index contributed by atoms with van der Waals surface area (Å²) in [5, 5.41) is 0. The lowest BCUT2D eigenvalue weighted by atomic mass is 9.79. The molecule has 156 valence electrons. The largest absolute Gasteiger partial charge is 0.204 e. The van der Waals surface area contributed by atoms with Gasteiger partial charge in [0.1, 0.15) is 0 Å². The maximum Gasteiger partial charge on any atom is 0.194 e. The van der Waals surface area contributed by atoms with Crippen molar-refractivity contribution in [3.05, 3.63) is 83.2 Å². The van der Waals surface area contributed by atoms with E-state index in [1.54, 1.807) is 12.1 Å². The molecule has 1 fully saturated rings. The van der Waals surface area contributed by atoms with Crippen LogP contribution in [-0.2, 0) is 0 Å². The average molecular weight is 416 g/mol. The molecule has 0 bridgehead atoms. The van der Waals surface area contributed by atoms with Crippen LogP contribution in [0.4, 0.5) is 22.0 Å². The van der Waals surface area contributed by atoms with Gasteiger partial charge in [0.05, 0.1) is 0 Å². The van der Waals surface area contributed by atoms with Gasteiger partial charge in [-0.25, -0.2) is 22.0 Å². The van der Waals surface area contributed by atoms with E-state index in [0.29, 0.717) is 23.6 Å². The van der Waals surface area contributed by atoms with E-state index in [1.165, 1.54) is 30.5 Å². The quantitative estimate of drug-likeness (QED) is 0.300. The highest BCUT2D eigenvalue weighted by atomic mass is 19.2. The van der Waals surface area contributed by atoms with Crippen LogP contribution in [0.25, 0.3) is 22.3 Å². The minimum atomic E-state index is -1.65. The molecule has 0 spiro atoms. The predicted octanol–water partition coefficient (Wildman–Crippen LogP) is 8.01. The number of benzene rings is 3. The molecule has 0 N–H and O–H groups in total. The van der Waals surface area contributed by atoms with Crippen molar-refractivity contribution in [2.75, 3.05) is 0 Å². The normalized spacial score (nSPS) is 19.1. The lowest BCUT2D eigenvalue weighted by molar-refractivity contribution is 0.348. The molecule has 1 aliphatic rings. The maximum atomic E-state index is 14.8. The molecular weight excluding hydrogens is 395 g/mol. The van der Waals surface area contributed by atoms with Gasteiger partial charge in [0, 0.05) is 11.1 Å². The first-order valence-electron chi connectivity index (χ1n) is 10.1. The van der Waals surface area contributed by atoms with Crippen molar-refractivity contribution in [3.63, 3.8) is 0 Å². The first-order valence-corrected chi connectivity index (χ1v) is 10.1. The standard InChI is InChI=1S/C25H21F5/c1-14-2-4-15(5-3-14)16-6-8-17(9-7-16)19-10-11-20(24(29)23(19)28)18-12-21(26)25(30)22(27)13-18/h6-15H,2-5H2,1H3. The Balaban J connectivity index is 1.64. The Kier molecular flexibility index (Phi) is 5.63. The summed E-state index contributed by atoms with van der Waals surface area (Å²) in [6.07, 6.45) is 4.64. The van der Waals surface area contributed by atoms with Crippen LogP contribution in [0.5, 0.6) is 0 Å². The number of hydrogen-bond acceptors (Lipinski definition) is 0. The second-order valence-corrected chi connectivity index (χ2v) is 8.12. The summed E-state index contributed by atoms with van der Waals surface area (Å²) in [6.45, 7) is 2.26. The van der Waals surface area contributed by atoms with Crippen LogP contribution in [0.3, 0.4) is 0 Å². The van der Waals surface area contributed by atoms with E-state index in [-0.39, 0.29) is 16.7 Å². The molecule has 0 amide bonds. The topological polar surface area (TPSA) is 0 Å². The average Bonchev–Trinajstić information content (AvgIpc) is 2.74. The van der Waals surface area contributed by atoms with Crippen LogP contribution in [0.15, 0.2) is 48.5 Å². The van der Waals surface area contributed by atoms with Crippen molar-refractivity contribution >= 4 is 0 Å². The molecule has 0 saturated heterocycles. The van der Waals surface area contributed by atoms with Gasteiger partial charge in [0.25, 0.3) is 0 Å². The minimum absolute atomic E-state index is 0.0584. The molecule has 30 heavy (non-hydrogen) atoms. The first kappa shape index (κ1) is 20.6. The van der Waals surface area contributed by atoms with Gasteiger partial charge in [-0.2, -0.15) is 0 Å². The number of hydrogen-bond donors (Lipinski definition) is 0. The Morgan fingerprint density at radius 1 is 0.600 bits per heavy atom. The second kappa shape index (κ2) is 8.21. The van der Waals surface area contributed by atoms with Gasteiger partial charge in [-0.05, 0) is 53.5 Å². The van der Waals surface area contributed by atoms with Gasteiger partial charge >= 0.3 is 0 Å². The summed E-state index contributed by atoms with van der Waals surface area (Å²) in [7, 11) is 0. The maximum absolute atomic E-state index is 14.8. The third-order valence-corrected chi connectivity index (χ3v) is 6.09. The number of rotatable bonds is 3.